The van der Waals surface area contributed by atoms with E-state index in [1.54, 1.807) is 0 Å². The van der Waals surface area contributed by atoms with Gasteiger partial charge in [0, 0.05) is 10.8 Å². The molecular weight excluding hydrogens is 298 g/mol. The summed E-state index contributed by atoms with van der Waals surface area (Å²) in [6.45, 7) is 6.67. The van der Waals surface area contributed by atoms with Crippen LogP contribution < -0.4 is 10.3 Å². The van der Waals surface area contributed by atoms with Crippen LogP contribution in [0.5, 0.6) is 5.75 Å². The summed E-state index contributed by atoms with van der Waals surface area (Å²) in [7, 11) is 1.40. The maximum Gasteiger partial charge on any atom is 0.297 e. The first-order valence-electron chi connectivity index (χ1n) is 6.06. The normalized spacial score (nSPS) is 11.7. The first-order chi connectivity index (χ1) is 9.32. The van der Waals surface area contributed by atoms with Gasteiger partial charge in [0.1, 0.15) is 5.01 Å². The van der Waals surface area contributed by atoms with Gasteiger partial charge in [0.05, 0.1) is 25.7 Å². The van der Waals surface area contributed by atoms with Gasteiger partial charge in [-0.25, -0.2) is 9.97 Å². The van der Waals surface area contributed by atoms with Crippen LogP contribution in [0, 0.1) is 0 Å². The third-order valence-corrected chi connectivity index (χ3v) is 3.89. The van der Waals surface area contributed by atoms with E-state index < -0.39 is 0 Å². The minimum absolute atomic E-state index is 0.00432. The van der Waals surface area contributed by atoms with Crippen LogP contribution in [0.3, 0.4) is 0 Å². The molecular formula is C13H16ClN3O2S. The minimum Gasteiger partial charge on any atom is -0.489 e. The Morgan fingerprint density at radius 3 is 2.70 bits per heavy atom. The maximum absolute atomic E-state index is 12.1. The van der Waals surface area contributed by atoms with Crippen LogP contribution in [0.1, 0.15) is 31.5 Å². The molecule has 0 atom stereocenters. The van der Waals surface area contributed by atoms with Crippen LogP contribution in [0.15, 0.2) is 16.5 Å². The molecule has 0 fully saturated rings. The van der Waals surface area contributed by atoms with Crippen molar-refractivity contribution in [2.45, 2.75) is 32.7 Å². The van der Waals surface area contributed by atoms with E-state index in [0.717, 1.165) is 10.7 Å². The highest BCUT2D eigenvalue weighted by Crippen LogP contribution is 2.24. The van der Waals surface area contributed by atoms with Gasteiger partial charge in [0.15, 0.2) is 5.15 Å². The van der Waals surface area contributed by atoms with E-state index in [9.17, 15) is 4.79 Å². The lowest BCUT2D eigenvalue weighted by molar-refractivity contribution is 0.400. The fraction of sp³-hybridized carbons (Fsp3) is 0.462. The number of rotatable bonds is 3. The Labute approximate surface area is 126 Å². The maximum atomic E-state index is 12.1. The number of ether oxygens (including phenoxy) is 1. The number of hydrogen-bond donors (Lipinski definition) is 0. The first-order valence-corrected chi connectivity index (χ1v) is 7.32. The zero-order chi connectivity index (χ0) is 14.9. The van der Waals surface area contributed by atoms with E-state index in [0.29, 0.717) is 6.54 Å². The first kappa shape index (κ1) is 15.0. The van der Waals surface area contributed by atoms with E-state index in [1.165, 1.54) is 29.3 Å². The Balaban J connectivity index is 2.32. The van der Waals surface area contributed by atoms with Crippen LogP contribution in [0.25, 0.3) is 0 Å². The Kier molecular flexibility index (Phi) is 4.15. The second kappa shape index (κ2) is 5.54. The highest BCUT2D eigenvalue weighted by Gasteiger charge is 2.18. The van der Waals surface area contributed by atoms with Gasteiger partial charge in [0.25, 0.3) is 5.56 Å². The zero-order valence-electron chi connectivity index (χ0n) is 11.8. The van der Waals surface area contributed by atoms with E-state index in [4.69, 9.17) is 16.3 Å². The Hall–Kier alpha value is -1.40. The summed E-state index contributed by atoms with van der Waals surface area (Å²) >= 11 is 7.33. The summed E-state index contributed by atoms with van der Waals surface area (Å²) in [5.41, 5.74) is 0.704. The van der Waals surface area contributed by atoms with E-state index in [1.807, 2.05) is 5.38 Å². The molecule has 0 unspecified atom stereocenters. The largest absolute Gasteiger partial charge is 0.489 e. The highest BCUT2D eigenvalue weighted by molar-refractivity contribution is 7.09. The Morgan fingerprint density at radius 1 is 1.45 bits per heavy atom. The number of thiazole rings is 1. The van der Waals surface area contributed by atoms with Gasteiger partial charge in [-0.3, -0.25) is 9.36 Å². The molecule has 2 aromatic rings. The Bertz CT molecular complexity index is 673. The lowest BCUT2D eigenvalue weighted by atomic mass is 9.93. The summed E-state index contributed by atoms with van der Waals surface area (Å²) in [5.74, 6) is 0.0572. The average molecular weight is 314 g/mol. The van der Waals surface area contributed by atoms with Crippen LogP contribution in [0.2, 0.25) is 5.15 Å². The molecule has 108 valence electrons. The van der Waals surface area contributed by atoms with Crippen LogP contribution in [-0.2, 0) is 12.0 Å². The van der Waals surface area contributed by atoms with E-state index >= 15 is 0 Å². The topological polar surface area (TPSA) is 57.0 Å². The molecule has 0 bridgehead atoms. The molecule has 0 spiro atoms. The minimum atomic E-state index is -0.306. The monoisotopic (exact) mass is 313 g/mol. The molecule has 0 saturated heterocycles. The quantitative estimate of drug-likeness (QED) is 0.818. The molecule has 0 radical (unpaired) electrons. The molecule has 0 N–H and O–H groups in total. The SMILES string of the molecule is COc1c(Cl)ncn(Cc2nc(C(C)(C)C)cs2)c1=O. The summed E-state index contributed by atoms with van der Waals surface area (Å²) in [5, 5.41) is 2.94. The molecule has 7 heteroatoms. The molecule has 2 aromatic heterocycles. The predicted molar refractivity (Wildman–Crippen MR) is 80.0 cm³/mol. The van der Waals surface area contributed by atoms with Crippen LogP contribution in [0.4, 0.5) is 0 Å². The number of halogens is 1. The average Bonchev–Trinajstić information content (AvgIpc) is 2.82. The van der Waals surface area contributed by atoms with Gasteiger partial charge in [-0.15, -0.1) is 11.3 Å². The third-order valence-electron chi connectivity index (χ3n) is 2.78. The van der Waals surface area contributed by atoms with Crippen molar-refractivity contribution in [2.75, 3.05) is 7.11 Å². The van der Waals surface area contributed by atoms with Crippen molar-refractivity contribution >= 4 is 22.9 Å². The number of hydrogen-bond acceptors (Lipinski definition) is 5. The number of aromatic nitrogens is 3. The van der Waals surface area contributed by atoms with Crippen molar-refractivity contribution in [3.05, 3.63) is 37.9 Å². The molecule has 20 heavy (non-hydrogen) atoms. The van der Waals surface area contributed by atoms with Gasteiger partial charge in [-0.1, -0.05) is 32.4 Å². The van der Waals surface area contributed by atoms with Gasteiger partial charge >= 0.3 is 0 Å². The molecule has 0 amide bonds. The Morgan fingerprint density at radius 2 is 2.15 bits per heavy atom. The second-order valence-corrected chi connectivity index (χ2v) is 6.68. The molecule has 0 aliphatic rings. The van der Waals surface area contributed by atoms with Gasteiger partial charge in [-0.05, 0) is 0 Å². The van der Waals surface area contributed by atoms with Crippen molar-refractivity contribution in [3.8, 4) is 5.75 Å². The van der Waals surface area contributed by atoms with Gasteiger partial charge < -0.3 is 4.74 Å². The highest BCUT2D eigenvalue weighted by atomic mass is 35.5. The van der Waals surface area contributed by atoms with E-state index in [2.05, 4.69) is 30.7 Å². The van der Waals surface area contributed by atoms with E-state index in [-0.39, 0.29) is 21.9 Å². The molecule has 0 saturated carbocycles. The fourth-order valence-corrected chi connectivity index (χ4v) is 2.83. The fourth-order valence-electron chi connectivity index (χ4n) is 1.61. The van der Waals surface area contributed by atoms with Gasteiger partial charge in [0.2, 0.25) is 5.75 Å². The van der Waals surface area contributed by atoms with Crippen molar-refractivity contribution in [2.24, 2.45) is 0 Å². The van der Waals surface area contributed by atoms with Crippen molar-refractivity contribution in [1.82, 2.24) is 14.5 Å². The van der Waals surface area contributed by atoms with Crippen molar-refractivity contribution in [1.29, 1.82) is 0 Å². The zero-order valence-corrected chi connectivity index (χ0v) is 13.4. The molecule has 5 nitrogen and oxygen atoms in total. The van der Waals surface area contributed by atoms with Crippen molar-refractivity contribution < 1.29 is 4.74 Å². The molecule has 2 rings (SSSR count). The summed E-state index contributed by atoms with van der Waals surface area (Å²) < 4.78 is 6.41. The summed E-state index contributed by atoms with van der Waals surface area (Å²) in [4.78, 5) is 20.6. The van der Waals surface area contributed by atoms with Crippen LogP contribution in [-0.4, -0.2) is 21.6 Å². The molecule has 0 aliphatic carbocycles. The molecule has 0 aromatic carbocycles. The van der Waals surface area contributed by atoms with Gasteiger partial charge in [-0.2, -0.15) is 0 Å². The molecule has 0 aliphatic heterocycles. The molecule has 2 heterocycles. The second-order valence-electron chi connectivity index (χ2n) is 5.38. The standard InChI is InChI=1S/C13H16ClN3O2S/c1-13(2,3)8-6-20-9(16-8)5-17-7-15-11(14)10(19-4)12(17)18/h6-7H,5H2,1-4H3. The van der Waals surface area contributed by atoms with Crippen molar-refractivity contribution in [3.63, 3.8) is 0 Å². The lowest BCUT2D eigenvalue weighted by Crippen LogP contribution is -2.22. The van der Waals surface area contributed by atoms with Crippen LogP contribution >= 0.6 is 22.9 Å². The lowest BCUT2D eigenvalue weighted by Gasteiger charge is -2.14. The number of nitrogens with zero attached hydrogens (tertiary/aromatic N) is 3. The summed E-state index contributed by atoms with van der Waals surface area (Å²) in [6.07, 6.45) is 1.41. The summed E-state index contributed by atoms with van der Waals surface area (Å²) in [6, 6.07) is 0. The third kappa shape index (κ3) is 3.02. The predicted octanol–water partition coefficient (Wildman–Crippen LogP) is 2.71. The smallest absolute Gasteiger partial charge is 0.297 e. The number of methoxy groups -OCH3 is 1.